The van der Waals surface area contributed by atoms with Gasteiger partial charge in [-0.1, -0.05) is 125 Å². The number of unbranched alkanes of at least 4 members (excludes halogenated alkanes) is 10. The van der Waals surface area contributed by atoms with Crippen LogP contribution in [0.1, 0.15) is 136 Å². The summed E-state index contributed by atoms with van der Waals surface area (Å²) in [6.07, 6.45) is 31.2. The molecule has 6 atom stereocenters. The summed E-state index contributed by atoms with van der Waals surface area (Å²) in [6.45, 7) is 4.00. The summed E-state index contributed by atoms with van der Waals surface area (Å²) in [5.74, 6) is -0.525. The zero-order valence-electron chi connectivity index (χ0n) is 34.6. The van der Waals surface area contributed by atoms with E-state index in [4.69, 9.17) is 18.5 Å². The Morgan fingerprint density at radius 2 is 1.04 bits per heavy atom. The van der Waals surface area contributed by atoms with E-state index in [2.05, 4.69) is 86.8 Å². The molecule has 57 heavy (non-hydrogen) atoms. The number of hydrogen-bond donors (Lipinski definition) is 6. The lowest BCUT2D eigenvalue weighted by atomic mass is 9.85. The summed E-state index contributed by atoms with van der Waals surface area (Å²) in [7, 11) is -5.03. The van der Waals surface area contributed by atoms with Crippen LogP contribution in [0.15, 0.2) is 72.9 Å². The number of rotatable bonds is 34. The monoisotopic (exact) mass is 826 g/mol. The van der Waals surface area contributed by atoms with Gasteiger partial charge >= 0.3 is 13.8 Å². The molecular weight excluding hydrogens is 751 g/mol. The topological polar surface area (TPSA) is 192 Å². The van der Waals surface area contributed by atoms with Gasteiger partial charge in [0.2, 0.25) is 0 Å². The van der Waals surface area contributed by atoms with Crippen molar-refractivity contribution in [2.24, 2.45) is 0 Å². The van der Waals surface area contributed by atoms with Crippen molar-refractivity contribution in [3.8, 4) is 0 Å². The van der Waals surface area contributed by atoms with Crippen LogP contribution in [0.4, 0.5) is 0 Å². The first-order valence-corrected chi connectivity index (χ1v) is 22.8. The lowest BCUT2D eigenvalue weighted by molar-refractivity contribution is -0.220. The van der Waals surface area contributed by atoms with E-state index in [0.29, 0.717) is 13.0 Å². The molecule has 1 aliphatic carbocycles. The number of ether oxygens (including phenoxy) is 2. The third kappa shape index (κ3) is 27.2. The molecule has 12 nitrogen and oxygen atoms in total. The largest absolute Gasteiger partial charge is 0.472 e. The Morgan fingerprint density at radius 1 is 0.579 bits per heavy atom. The van der Waals surface area contributed by atoms with Gasteiger partial charge in [-0.3, -0.25) is 13.8 Å². The zero-order chi connectivity index (χ0) is 42.0. The van der Waals surface area contributed by atoms with Crippen LogP contribution < -0.4 is 0 Å². The van der Waals surface area contributed by atoms with E-state index in [1.165, 1.54) is 12.8 Å². The second-order valence-corrected chi connectivity index (χ2v) is 15.9. The molecule has 1 saturated carbocycles. The predicted octanol–water partition coefficient (Wildman–Crippen LogP) is 8.02. The molecule has 0 amide bonds. The molecule has 1 aliphatic rings. The highest BCUT2D eigenvalue weighted by atomic mass is 31.2. The fourth-order valence-electron chi connectivity index (χ4n) is 5.89. The smallest absolute Gasteiger partial charge is 0.457 e. The van der Waals surface area contributed by atoms with Crippen LogP contribution in [0.3, 0.4) is 0 Å². The molecule has 0 radical (unpaired) electrons. The Morgan fingerprint density at radius 3 is 1.58 bits per heavy atom. The zero-order valence-corrected chi connectivity index (χ0v) is 35.5. The van der Waals surface area contributed by atoms with E-state index in [9.17, 15) is 39.8 Å². The number of carbonyl (C=O) groups is 1. The van der Waals surface area contributed by atoms with Gasteiger partial charge in [-0.05, 0) is 77.0 Å². The highest BCUT2D eigenvalue weighted by molar-refractivity contribution is 7.47. The van der Waals surface area contributed by atoms with E-state index < -0.39 is 63.1 Å². The molecule has 6 N–H and O–H groups in total. The molecule has 0 aromatic rings. The molecule has 0 heterocycles. The normalized spacial score (nSPS) is 23.6. The highest BCUT2D eigenvalue weighted by Crippen LogP contribution is 2.47. The van der Waals surface area contributed by atoms with Crippen molar-refractivity contribution in [1.82, 2.24) is 0 Å². The molecule has 1 rings (SSSR count). The van der Waals surface area contributed by atoms with E-state index in [-0.39, 0.29) is 13.0 Å². The van der Waals surface area contributed by atoms with Crippen LogP contribution in [0.25, 0.3) is 0 Å². The van der Waals surface area contributed by atoms with Crippen molar-refractivity contribution in [2.45, 2.75) is 179 Å². The number of esters is 1. The van der Waals surface area contributed by atoms with Crippen molar-refractivity contribution in [2.75, 3.05) is 19.8 Å². The second kappa shape index (κ2) is 34.6. The number of allylic oxidation sites excluding steroid dienone is 12. The standard InChI is InChI=1S/C44H75O12P/c1-3-5-7-9-11-13-15-17-19-21-23-25-27-29-31-33-38(45)55-37(36-54-57(51,52)56-44-42(49)40(47)39(46)41(48)43(44)50)35-53-34-32-30-28-26-24-22-20-18-16-14-12-10-8-6-4-2/h5,7,10-13,16-19,23,25,37,39-44,46-50H,3-4,6,8-9,14-15,20-22,24,26-36H2,1-2H3,(H,51,52)/b7-5-,12-10-,13-11-,18-16-,19-17-,25-23-. The SMILES string of the molecule is CC/C=C\C/C=C\C/C=C\C/C=C\CCCCC(=O)OC(COCCCCCCCC/C=C\C/C=C\CCCC)COP(=O)(O)OC1C(O)C(O)C(O)C(O)C1O. The molecule has 0 saturated heterocycles. The molecule has 0 bridgehead atoms. The minimum atomic E-state index is -5.03. The maximum Gasteiger partial charge on any atom is 0.472 e. The first-order valence-electron chi connectivity index (χ1n) is 21.3. The van der Waals surface area contributed by atoms with Gasteiger partial charge in [0, 0.05) is 13.0 Å². The van der Waals surface area contributed by atoms with Gasteiger partial charge < -0.3 is 39.9 Å². The van der Waals surface area contributed by atoms with Crippen LogP contribution in [0.5, 0.6) is 0 Å². The summed E-state index contributed by atoms with van der Waals surface area (Å²) in [5, 5.41) is 50.1. The molecular formula is C44H75O12P. The number of carbonyl (C=O) groups excluding carboxylic acids is 1. The van der Waals surface area contributed by atoms with Crippen LogP contribution in [-0.2, 0) is 27.9 Å². The molecule has 0 aromatic carbocycles. The third-order valence-electron chi connectivity index (χ3n) is 9.31. The first-order chi connectivity index (χ1) is 27.5. The molecule has 13 heteroatoms. The van der Waals surface area contributed by atoms with Crippen LogP contribution >= 0.6 is 7.82 Å². The Hall–Kier alpha value is -2.22. The molecule has 328 valence electrons. The van der Waals surface area contributed by atoms with E-state index in [1.807, 2.05) is 0 Å². The van der Waals surface area contributed by atoms with Gasteiger partial charge in [-0.2, -0.15) is 0 Å². The average Bonchev–Trinajstić information content (AvgIpc) is 3.19. The number of phosphoric acid groups is 1. The fraction of sp³-hybridized carbons (Fsp3) is 0.705. The highest BCUT2D eigenvalue weighted by Gasteiger charge is 2.51. The maximum atomic E-state index is 12.8. The Bertz CT molecular complexity index is 1220. The summed E-state index contributed by atoms with van der Waals surface area (Å²) >= 11 is 0. The molecule has 6 unspecified atom stereocenters. The van der Waals surface area contributed by atoms with E-state index in [1.54, 1.807) is 0 Å². The van der Waals surface area contributed by atoms with E-state index in [0.717, 1.165) is 96.3 Å². The summed E-state index contributed by atoms with van der Waals surface area (Å²) in [4.78, 5) is 23.1. The number of phosphoric ester groups is 1. The summed E-state index contributed by atoms with van der Waals surface area (Å²) in [6, 6.07) is 0. The van der Waals surface area contributed by atoms with Crippen molar-refractivity contribution in [1.29, 1.82) is 0 Å². The first kappa shape index (κ1) is 52.8. The van der Waals surface area contributed by atoms with Crippen molar-refractivity contribution in [3.63, 3.8) is 0 Å². The number of aliphatic hydroxyl groups excluding tert-OH is 5. The van der Waals surface area contributed by atoms with Gasteiger partial charge in [-0.15, -0.1) is 0 Å². The molecule has 0 aromatic heterocycles. The molecule has 1 fully saturated rings. The lowest BCUT2D eigenvalue weighted by Crippen LogP contribution is -2.64. The average molecular weight is 827 g/mol. The van der Waals surface area contributed by atoms with Gasteiger partial charge in [0.25, 0.3) is 0 Å². The summed E-state index contributed by atoms with van der Waals surface area (Å²) in [5.41, 5.74) is 0. The fourth-order valence-corrected chi connectivity index (χ4v) is 6.86. The van der Waals surface area contributed by atoms with Crippen LogP contribution in [-0.4, -0.2) is 98.9 Å². The third-order valence-corrected chi connectivity index (χ3v) is 10.3. The van der Waals surface area contributed by atoms with Crippen LogP contribution in [0.2, 0.25) is 0 Å². The molecule has 0 aliphatic heterocycles. The minimum Gasteiger partial charge on any atom is -0.457 e. The van der Waals surface area contributed by atoms with Gasteiger partial charge in [0.15, 0.2) is 0 Å². The predicted molar refractivity (Wildman–Crippen MR) is 225 cm³/mol. The van der Waals surface area contributed by atoms with Gasteiger partial charge in [-0.25, -0.2) is 4.57 Å². The maximum absolute atomic E-state index is 12.8. The Labute approximate surface area is 342 Å². The Kier molecular flexibility index (Phi) is 32.1. The quantitative estimate of drug-likeness (QED) is 0.0159. The van der Waals surface area contributed by atoms with Crippen molar-refractivity contribution >= 4 is 13.8 Å². The second-order valence-electron chi connectivity index (χ2n) is 14.5. The van der Waals surface area contributed by atoms with Gasteiger partial charge in [0.1, 0.15) is 42.7 Å². The van der Waals surface area contributed by atoms with E-state index >= 15 is 0 Å². The number of aliphatic hydroxyl groups is 5. The minimum absolute atomic E-state index is 0.105. The number of hydrogen-bond acceptors (Lipinski definition) is 11. The lowest BCUT2D eigenvalue weighted by Gasteiger charge is -2.41. The molecule has 0 spiro atoms. The Balaban J connectivity index is 2.49. The summed E-state index contributed by atoms with van der Waals surface area (Å²) < 4.78 is 34.0. The van der Waals surface area contributed by atoms with Crippen molar-refractivity contribution < 1.29 is 58.3 Å². The van der Waals surface area contributed by atoms with Crippen LogP contribution in [0, 0.1) is 0 Å². The van der Waals surface area contributed by atoms with Gasteiger partial charge in [0.05, 0.1) is 13.2 Å². The van der Waals surface area contributed by atoms with Crippen molar-refractivity contribution in [3.05, 3.63) is 72.9 Å².